The van der Waals surface area contributed by atoms with E-state index in [1.807, 2.05) is 6.07 Å². The SMILES string of the molecule is COC(=O)c1ccc(CN(CCO)C2CCCC2)c(Br)c1. The third-order valence-electron chi connectivity index (χ3n) is 4.08. The van der Waals surface area contributed by atoms with E-state index in [2.05, 4.69) is 20.8 Å². The van der Waals surface area contributed by atoms with Crippen molar-refractivity contribution in [3.63, 3.8) is 0 Å². The molecule has 0 bridgehead atoms. The quantitative estimate of drug-likeness (QED) is 0.797. The van der Waals surface area contributed by atoms with Gasteiger partial charge in [0.15, 0.2) is 0 Å². The van der Waals surface area contributed by atoms with E-state index in [1.165, 1.54) is 32.8 Å². The van der Waals surface area contributed by atoms with E-state index >= 15 is 0 Å². The first kappa shape index (κ1) is 16.5. The minimum absolute atomic E-state index is 0.175. The Bertz CT molecular complexity index is 486. The third-order valence-corrected chi connectivity index (χ3v) is 4.81. The number of aliphatic hydroxyl groups excluding tert-OH is 1. The number of hydrogen-bond donors (Lipinski definition) is 1. The van der Waals surface area contributed by atoms with Crippen molar-refractivity contribution >= 4 is 21.9 Å². The summed E-state index contributed by atoms with van der Waals surface area (Å²) in [5, 5.41) is 9.28. The lowest BCUT2D eigenvalue weighted by Crippen LogP contribution is -2.35. The van der Waals surface area contributed by atoms with Gasteiger partial charge in [-0.1, -0.05) is 34.8 Å². The van der Waals surface area contributed by atoms with Crippen LogP contribution in [0.25, 0.3) is 0 Å². The molecule has 0 radical (unpaired) electrons. The highest BCUT2D eigenvalue weighted by molar-refractivity contribution is 9.10. The van der Waals surface area contributed by atoms with Crippen LogP contribution < -0.4 is 0 Å². The number of rotatable bonds is 6. The fraction of sp³-hybridized carbons (Fsp3) is 0.562. The zero-order valence-corrected chi connectivity index (χ0v) is 13.9. The van der Waals surface area contributed by atoms with E-state index in [9.17, 15) is 9.90 Å². The zero-order valence-electron chi connectivity index (χ0n) is 12.3. The van der Waals surface area contributed by atoms with E-state index in [-0.39, 0.29) is 12.6 Å². The van der Waals surface area contributed by atoms with Crippen molar-refractivity contribution < 1.29 is 14.6 Å². The number of nitrogens with zero attached hydrogens (tertiary/aromatic N) is 1. The molecule has 0 atom stereocenters. The van der Waals surface area contributed by atoms with Gasteiger partial charge in [0.1, 0.15) is 0 Å². The summed E-state index contributed by atoms with van der Waals surface area (Å²) in [4.78, 5) is 13.9. The minimum Gasteiger partial charge on any atom is -0.465 e. The van der Waals surface area contributed by atoms with Gasteiger partial charge in [0, 0.05) is 23.6 Å². The number of aliphatic hydroxyl groups is 1. The number of hydrogen-bond acceptors (Lipinski definition) is 4. The van der Waals surface area contributed by atoms with Crippen molar-refractivity contribution in [1.82, 2.24) is 4.90 Å². The van der Waals surface area contributed by atoms with Crippen LogP contribution in [0.5, 0.6) is 0 Å². The highest BCUT2D eigenvalue weighted by Crippen LogP contribution is 2.27. The average molecular weight is 356 g/mol. The van der Waals surface area contributed by atoms with Crippen molar-refractivity contribution in [3.05, 3.63) is 33.8 Å². The van der Waals surface area contributed by atoms with Crippen LogP contribution in [0.1, 0.15) is 41.6 Å². The van der Waals surface area contributed by atoms with Crippen molar-refractivity contribution in [2.24, 2.45) is 0 Å². The molecule has 1 fully saturated rings. The molecule has 1 aromatic carbocycles. The Morgan fingerprint density at radius 1 is 1.43 bits per heavy atom. The molecule has 1 N–H and O–H groups in total. The van der Waals surface area contributed by atoms with Gasteiger partial charge < -0.3 is 9.84 Å². The first-order valence-corrected chi connectivity index (χ1v) is 8.16. The van der Waals surface area contributed by atoms with Crippen molar-refractivity contribution in [2.45, 2.75) is 38.3 Å². The second-order valence-electron chi connectivity index (χ2n) is 5.43. The van der Waals surface area contributed by atoms with E-state index < -0.39 is 0 Å². The largest absolute Gasteiger partial charge is 0.465 e. The summed E-state index contributed by atoms with van der Waals surface area (Å²) >= 11 is 3.54. The van der Waals surface area contributed by atoms with Crippen LogP contribution in [0.15, 0.2) is 22.7 Å². The number of ether oxygens (including phenoxy) is 1. The highest BCUT2D eigenvalue weighted by Gasteiger charge is 2.23. The lowest BCUT2D eigenvalue weighted by molar-refractivity contribution is 0.0600. The molecule has 1 aliphatic rings. The van der Waals surface area contributed by atoms with Crippen molar-refractivity contribution in [2.75, 3.05) is 20.3 Å². The van der Waals surface area contributed by atoms with Gasteiger partial charge in [-0.2, -0.15) is 0 Å². The topological polar surface area (TPSA) is 49.8 Å². The van der Waals surface area contributed by atoms with Crippen LogP contribution in [0.4, 0.5) is 0 Å². The van der Waals surface area contributed by atoms with Crippen LogP contribution >= 0.6 is 15.9 Å². The molecular weight excluding hydrogens is 334 g/mol. The lowest BCUT2D eigenvalue weighted by atomic mass is 10.1. The van der Waals surface area contributed by atoms with E-state index in [4.69, 9.17) is 4.74 Å². The molecule has 0 saturated heterocycles. The van der Waals surface area contributed by atoms with Gasteiger partial charge in [-0.3, -0.25) is 4.90 Å². The predicted molar refractivity (Wildman–Crippen MR) is 85.2 cm³/mol. The van der Waals surface area contributed by atoms with Gasteiger partial charge in [-0.15, -0.1) is 0 Å². The third kappa shape index (κ3) is 4.28. The molecule has 1 aromatic rings. The number of halogens is 1. The number of esters is 1. The Labute approximate surface area is 134 Å². The molecule has 5 heteroatoms. The highest BCUT2D eigenvalue weighted by atomic mass is 79.9. The molecule has 0 spiro atoms. The van der Waals surface area contributed by atoms with E-state index in [0.717, 1.165) is 16.6 Å². The fourth-order valence-corrected chi connectivity index (χ4v) is 3.43. The molecule has 0 aliphatic heterocycles. The summed E-state index contributed by atoms with van der Waals surface area (Å²) in [7, 11) is 1.38. The van der Waals surface area contributed by atoms with Crippen LogP contribution in [-0.2, 0) is 11.3 Å². The Balaban J connectivity index is 2.10. The van der Waals surface area contributed by atoms with Gasteiger partial charge in [0.05, 0.1) is 19.3 Å². The zero-order chi connectivity index (χ0) is 15.2. The van der Waals surface area contributed by atoms with Crippen LogP contribution in [0, 0.1) is 0 Å². The Morgan fingerprint density at radius 3 is 2.71 bits per heavy atom. The second-order valence-corrected chi connectivity index (χ2v) is 6.28. The van der Waals surface area contributed by atoms with Gasteiger partial charge >= 0.3 is 5.97 Å². The predicted octanol–water partition coefficient (Wildman–Crippen LogP) is 2.97. The first-order valence-electron chi connectivity index (χ1n) is 7.37. The van der Waals surface area contributed by atoms with Gasteiger partial charge in [-0.05, 0) is 30.5 Å². The molecule has 2 rings (SSSR count). The van der Waals surface area contributed by atoms with Crippen molar-refractivity contribution in [1.29, 1.82) is 0 Å². The summed E-state index contributed by atoms with van der Waals surface area (Å²) in [5.74, 6) is -0.328. The van der Waals surface area contributed by atoms with Gasteiger partial charge in [0.2, 0.25) is 0 Å². The number of methoxy groups -OCH3 is 1. The first-order chi connectivity index (χ1) is 10.2. The number of benzene rings is 1. The Morgan fingerprint density at radius 2 is 2.14 bits per heavy atom. The molecule has 0 unspecified atom stereocenters. The Kier molecular flexibility index (Phi) is 6.21. The maximum atomic E-state index is 11.5. The molecule has 116 valence electrons. The monoisotopic (exact) mass is 355 g/mol. The maximum absolute atomic E-state index is 11.5. The second kappa shape index (κ2) is 7.92. The van der Waals surface area contributed by atoms with Crippen LogP contribution in [-0.4, -0.2) is 42.3 Å². The fourth-order valence-electron chi connectivity index (χ4n) is 2.93. The molecule has 1 aliphatic carbocycles. The molecule has 21 heavy (non-hydrogen) atoms. The molecule has 1 saturated carbocycles. The van der Waals surface area contributed by atoms with E-state index in [1.54, 1.807) is 12.1 Å². The molecule has 4 nitrogen and oxygen atoms in total. The molecule has 0 amide bonds. The molecule has 0 aromatic heterocycles. The maximum Gasteiger partial charge on any atom is 0.337 e. The smallest absolute Gasteiger partial charge is 0.337 e. The summed E-state index contributed by atoms with van der Waals surface area (Å²) in [6.45, 7) is 1.65. The molecule has 0 heterocycles. The number of carbonyl (C=O) groups excluding carboxylic acids is 1. The van der Waals surface area contributed by atoms with Crippen LogP contribution in [0.2, 0.25) is 0 Å². The normalized spacial score (nSPS) is 15.6. The van der Waals surface area contributed by atoms with Crippen molar-refractivity contribution in [3.8, 4) is 0 Å². The van der Waals surface area contributed by atoms with E-state index in [0.29, 0.717) is 18.2 Å². The summed E-state index contributed by atoms with van der Waals surface area (Å²) in [6, 6.07) is 6.10. The van der Waals surface area contributed by atoms with Gasteiger partial charge in [-0.25, -0.2) is 4.79 Å². The molecular formula is C16H22BrNO3. The minimum atomic E-state index is -0.328. The lowest BCUT2D eigenvalue weighted by Gasteiger charge is -2.28. The van der Waals surface area contributed by atoms with Crippen LogP contribution in [0.3, 0.4) is 0 Å². The average Bonchev–Trinajstić information content (AvgIpc) is 3.02. The van der Waals surface area contributed by atoms with Gasteiger partial charge in [0.25, 0.3) is 0 Å². The Hall–Kier alpha value is -0.910. The summed E-state index contributed by atoms with van der Waals surface area (Å²) in [6.07, 6.45) is 4.96. The number of carbonyl (C=O) groups is 1. The standard InChI is InChI=1S/C16H22BrNO3/c1-21-16(20)12-6-7-13(15(17)10-12)11-18(8-9-19)14-4-2-3-5-14/h6-7,10,14,19H,2-5,8-9,11H2,1H3. The summed E-state index contributed by atoms with van der Waals surface area (Å²) < 4.78 is 5.64. The summed E-state index contributed by atoms with van der Waals surface area (Å²) in [5.41, 5.74) is 1.67.